The minimum Gasteiger partial charge on any atom is -0.381 e. The molecule has 0 saturated carbocycles. The number of halogens is 1. The van der Waals surface area contributed by atoms with Crippen molar-refractivity contribution >= 4 is 29.9 Å². The molecular weight excluding hydrogens is 369 g/mol. The lowest BCUT2D eigenvalue weighted by molar-refractivity contribution is 0.0268. The van der Waals surface area contributed by atoms with Gasteiger partial charge in [0, 0.05) is 40.5 Å². The number of aliphatic imine (C=N–C) groups is 1. The van der Waals surface area contributed by atoms with Crippen LogP contribution in [0.25, 0.3) is 0 Å². The van der Waals surface area contributed by atoms with Crippen LogP contribution in [0.3, 0.4) is 0 Å². The molecule has 2 N–H and O–H groups in total. The lowest BCUT2D eigenvalue weighted by Crippen LogP contribution is -2.45. The standard InChI is InChI=1S/C14H31N3O2.HI/c1-12(2)10-19-9-7-8-16-13(15-5)17-11-14(3,4)18-6;/h12H,7-11H2,1-6H3,(H2,15,16,17);1H. The van der Waals surface area contributed by atoms with Crippen molar-refractivity contribution in [1.29, 1.82) is 0 Å². The summed E-state index contributed by atoms with van der Waals surface area (Å²) in [6, 6.07) is 0. The summed E-state index contributed by atoms with van der Waals surface area (Å²) in [4.78, 5) is 4.17. The quantitative estimate of drug-likeness (QED) is 0.269. The van der Waals surface area contributed by atoms with E-state index in [-0.39, 0.29) is 29.6 Å². The van der Waals surface area contributed by atoms with Crippen LogP contribution in [-0.2, 0) is 9.47 Å². The van der Waals surface area contributed by atoms with Gasteiger partial charge in [0.2, 0.25) is 0 Å². The zero-order chi connectivity index (χ0) is 14.7. The number of nitrogens with one attached hydrogen (secondary N) is 2. The van der Waals surface area contributed by atoms with Gasteiger partial charge in [0.15, 0.2) is 5.96 Å². The number of methoxy groups -OCH3 is 1. The second-order valence-corrected chi connectivity index (χ2v) is 5.64. The molecule has 0 spiro atoms. The van der Waals surface area contributed by atoms with Crippen LogP contribution in [0.5, 0.6) is 0 Å². The predicted octanol–water partition coefficient (Wildman–Crippen LogP) is 2.26. The van der Waals surface area contributed by atoms with Gasteiger partial charge in [-0.05, 0) is 26.2 Å². The Morgan fingerprint density at radius 3 is 2.40 bits per heavy atom. The fourth-order valence-corrected chi connectivity index (χ4v) is 1.29. The van der Waals surface area contributed by atoms with Gasteiger partial charge in [-0.2, -0.15) is 0 Å². The SMILES string of the molecule is CN=C(NCCCOCC(C)C)NCC(C)(C)OC.I. The van der Waals surface area contributed by atoms with E-state index in [9.17, 15) is 0 Å². The van der Waals surface area contributed by atoms with E-state index in [4.69, 9.17) is 9.47 Å². The normalized spacial score (nSPS) is 12.2. The van der Waals surface area contributed by atoms with Gasteiger partial charge in [-0.25, -0.2) is 0 Å². The van der Waals surface area contributed by atoms with Crippen molar-refractivity contribution in [2.75, 3.05) is 40.5 Å². The second-order valence-electron chi connectivity index (χ2n) is 5.64. The number of hydrogen-bond acceptors (Lipinski definition) is 3. The van der Waals surface area contributed by atoms with E-state index in [1.807, 2.05) is 13.8 Å². The topological polar surface area (TPSA) is 54.9 Å². The molecule has 0 aromatic rings. The molecule has 0 radical (unpaired) electrons. The van der Waals surface area contributed by atoms with Gasteiger partial charge in [0.05, 0.1) is 5.60 Å². The monoisotopic (exact) mass is 401 g/mol. The number of rotatable bonds is 9. The highest BCUT2D eigenvalue weighted by Crippen LogP contribution is 2.04. The zero-order valence-electron chi connectivity index (χ0n) is 13.8. The third-order valence-corrected chi connectivity index (χ3v) is 2.67. The highest BCUT2D eigenvalue weighted by molar-refractivity contribution is 14.0. The Hall–Kier alpha value is -0.0800. The minimum absolute atomic E-state index is 0. The number of hydrogen-bond donors (Lipinski definition) is 2. The van der Waals surface area contributed by atoms with Crippen LogP contribution in [0, 0.1) is 5.92 Å². The summed E-state index contributed by atoms with van der Waals surface area (Å²) in [5.41, 5.74) is -0.196. The molecule has 0 rings (SSSR count). The average Bonchev–Trinajstić information content (AvgIpc) is 2.36. The van der Waals surface area contributed by atoms with Crippen LogP contribution >= 0.6 is 24.0 Å². The van der Waals surface area contributed by atoms with E-state index in [1.54, 1.807) is 14.2 Å². The summed E-state index contributed by atoms with van der Waals surface area (Å²) in [5.74, 6) is 1.40. The van der Waals surface area contributed by atoms with Crippen LogP contribution < -0.4 is 10.6 Å². The Morgan fingerprint density at radius 1 is 1.25 bits per heavy atom. The second kappa shape index (κ2) is 12.6. The van der Waals surface area contributed by atoms with Crippen LogP contribution in [0.15, 0.2) is 4.99 Å². The summed E-state index contributed by atoms with van der Waals surface area (Å²) in [7, 11) is 3.48. The first-order valence-corrected chi connectivity index (χ1v) is 6.98. The summed E-state index contributed by atoms with van der Waals surface area (Å²) in [6.07, 6.45) is 0.973. The van der Waals surface area contributed by atoms with Crippen molar-refractivity contribution in [2.24, 2.45) is 10.9 Å². The maximum absolute atomic E-state index is 5.52. The molecule has 0 aromatic heterocycles. The fraction of sp³-hybridized carbons (Fsp3) is 0.929. The van der Waals surface area contributed by atoms with E-state index in [2.05, 4.69) is 29.5 Å². The lowest BCUT2D eigenvalue weighted by atomic mass is 10.1. The molecular formula is C14H32IN3O2. The molecule has 20 heavy (non-hydrogen) atoms. The van der Waals surface area contributed by atoms with Crippen molar-refractivity contribution in [1.82, 2.24) is 10.6 Å². The first kappa shape index (κ1) is 22.2. The Bertz CT molecular complexity index is 259. The maximum atomic E-state index is 5.52. The minimum atomic E-state index is -0.196. The molecule has 5 nitrogen and oxygen atoms in total. The van der Waals surface area contributed by atoms with Gasteiger partial charge in [0.25, 0.3) is 0 Å². The highest BCUT2D eigenvalue weighted by Gasteiger charge is 2.16. The summed E-state index contributed by atoms with van der Waals surface area (Å²) in [5, 5.41) is 6.50. The van der Waals surface area contributed by atoms with Crippen LogP contribution in [0.2, 0.25) is 0 Å². The summed E-state index contributed by atoms with van der Waals surface area (Å²) in [6.45, 7) is 11.6. The van der Waals surface area contributed by atoms with Gasteiger partial charge in [-0.3, -0.25) is 4.99 Å². The smallest absolute Gasteiger partial charge is 0.191 e. The molecule has 0 fully saturated rings. The predicted molar refractivity (Wildman–Crippen MR) is 96.1 cm³/mol. The van der Waals surface area contributed by atoms with Crippen LogP contribution in [0.4, 0.5) is 0 Å². The summed E-state index contributed by atoms with van der Waals surface area (Å²) >= 11 is 0. The molecule has 0 heterocycles. The van der Waals surface area contributed by atoms with Gasteiger partial charge in [-0.1, -0.05) is 13.8 Å². The molecule has 0 aliphatic rings. The van der Waals surface area contributed by atoms with Gasteiger partial charge >= 0.3 is 0 Å². The van der Waals surface area contributed by atoms with Gasteiger partial charge in [-0.15, -0.1) is 24.0 Å². The van der Waals surface area contributed by atoms with Crippen molar-refractivity contribution in [2.45, 2.75) is 39.7 Å². The van der Waals surface area contributed by atoms with Gasteiger partial charge < -0.3 is 20.1 Å². The van der Waals surface area contributed by atoms with E-state index in [0.717, 1.165) is 32.1 Å². The van der Waals surface area contributed by atoms with E-state index in [0.29, 0.717) is 12.5 Å². The Labute approximate surface area is 141 Å². The molecule has 0 aromatic carbocycles. The summed E-state index contributed by atoms with van der Waals surface area (Å²) < 4.78 is 10.9. The fourth-order valence-electron chi connectivity index (χ4n) is 1.29. The van der Waals surface area contributed by atoms with E-state index in [1.165, 1.54) is 0 Å². The van der Waals surface area contributed by atoms with Crippen molar-refractivity contribution in [3.05, 3.63) is 0 Å². The largest absolute Gasteiger partial charge is 0.381 e. The molecule has 0 amide bonds. The number of ether oxygens (including phenoxy) is 2. The van der Waals surface area contributed by atoms with Crippen molar-refractivity contribution in [3.63, 3.8) is 0 Å². The number of nitrogens with zero attached hydrogens (tertiary/aromatic N) is 1. The van der Waals surface area contributed by atoms with Gasteiger partial charge in [0.1, 0.15) is 0 Å². The maximum Gasteiger partial charge on any atom is 0.191 e. The third kappa shape index (κ3) is 12.9. The van der Waals surface area contributed by atoms with Crippen molar-refractivity contribution < 1.29 is 9.47 Å². The molecule has 0 atom stereocenters. The molecule has 0 unspecified atom stereocenters. The van der Waals surface area contributed by atoms with Crippen LogP contribution in [-0.4, -0.2) is 52.0 Å². The molecule has 0 aliphatic carbocycles. The number of guanidine groups is 1. The molecule has 0 saturated heterocycles. The Morgan fingerprint density at radius 2 is 1.90 bits per heavy atom. The highest BCUT2D eigenvalue weighted by atomic mass is 127. The first-order valence-electron chi connectivity index (χ1n) is 6.98. The van der Waals surface area contributed by atoms with E-state index >= 15 is 0 Å². The van der Waals surface area contributed by atoms with Crippen molar-refractivity contribution in [3.8, 4) is 0 Å². The zero-order valence-corrected chi connectivity index (χ0v) is 16.1. The first-order chi connectivity index (χ1) is 8.91. The Balaban J connectivity index is 0. The van der Waals surface area contributed by atoms with Crippen LogP contribution in [0.1, 0.15) is 34.1 Å². The molecule has 122 valence electrons. The van der Waals surface area contributed by atoms with E-state index < -0.39 is 0 Å². The molecule has 0 bridgehead atoms. The molecule has 6 heteroatoms. The lowest BCUT2D eigenvalue weighted by Gasteiger charge is -2.24. The Kier molecular flexibility index (Phi) is 14.0. The third-order valence-electron chi connectivity index (χ3n) is 2.67. The molecule has 0 aliphatic heterocycles. The average molecular weight is 401 g/mol.